The van der Waals surface area contributed by atoms with Gasteiger partial charge in [0.05, 0.1) is 16.9 Å². The number of nitrogens with two attached hydrogens (primary N) is 1. The Hall–Kier alpha value is -4.02. The van der Waals surface area contributed by atoms with Crippen LogP contribution in [0.25, 0.3) is 0 Å². The van der Waals surface area contributed by atoms with Crippen LogP contribution in [0.4, 0.5) is 11.4 Å². The number of carbonyl (C=O) groups is 3. The van der Waals surface area contributed by atoms with E-state index in [9.17, 15) is 14.4 Å². The van der Waals surface area contributed by atoms with Gasteiger partial charge in [0.2, 0.25) is 0 Å². The van der Waals surface area contributed by atoms with Crippen LogP contribution in [0.5, 0.6) is 0 Å². The Morgan fingerprint density at radius 2 is 1.55 bits per heavy atom. The van der Waals surface area contributed by atoms with Gasteiger partial charge < -0.3 is 26.2 Å². The first kappa shape index (κ1) is 27.5. The zero-order chi connectivity index (χ0) is 28.1. The monoisotopic (exact) mass is 561 g/mol. The number of anilines is 2. The van der Waals surface area contributed by atoms with Crippen molar-refractivity contribution in [3.05, 3.63) is 82.9 Å². The molecular weight excluding hydrogens is 530 g/mol. The molecule has 0 spiro atoms. The van der Waals surface area contributed by atoms with Gasteiger partial charge in [-0.05, 0) is 68.1 Å². The third kappa shape index (κ3) is 6.57. The summed E-state index contributed by atoms with van der Waals surface area (Å²) < 4.78 is 0. The third-order valence-electron chi connectivity index (χ3n) is 7.44. The van der Waals surface area contributed by atoms with Gasteiger partial charge in [-0.1, -0.05) is 11.6 Å². The first-order valence-corrected chi connectivity index (χ1v) is 13.8. The molecule has 0 bridgehead atoms. The Bertz CT molecular complexity index is 1350. The summed E-state index contributed by atoms with van der Waals surface area (Å²) in [4.78, 5) is 51.0. The number of carbonyl (C=O) groups excluding carboxylic acids is 3. The smallest absolute Gasteiger partial charge is 0.255 e. The van der Waals surface area contributed by atoms with E-state index in [2.05, 4.69) is 25.5 Å². The molecule has 1 aliphatic carbocycles. The van der Waals surface area contributed by atoms with Crippen LogP contribution in [0.2, 0.25) is 5.15 Å². The minimum absolute atomic E-state index is 0.0864. The van der Waals surface area contributed by atoms with E-state index in [-0.39, 0.29) is 29.8 Å². The fourth-order valence-electron chi connectivity index (χ4n) is 5.12. The Morgan fingerprint density at radius 1 is 0.850 bits per heavy atom. The molecule has 3 heterocycles. The minimum atomic E-state index is -0.300. The molecule has 1 saturated heterocycles. The van der Waals surface area contributed by atoms with Crippen molar-refractivity contribution < 1.29 is 14.4 Å². The Balaban J connectivity index is 1.32. The summed E-state index contributed by atoms with van der Waals surface area (Å²) in [7, 11) is 0. The largest absolute Gasteiger partial charge is 0.366 e. The van der Waals surface area contributed by atoms with Gasteiger partial charge in [-0.3, -0.25) is 19.4 Å². The summed E-state index contributed by atoms with van der Waals surface area (Å²) in [5.41, 5.74) is 8.73. The molecule has 5 rings (SSSR count). The van der Waals surface area contributed by atoms with Gasteiger partial charge in [0, 0.05) is 68.0 Å². The highest BCUT2D eigenvalue weighted by Crippen LogP contribution is 2.30. The molecule has 1 saturated carbocycles. The van der Waals surface area contributed by atoms with E-state index in [0.29, 0.717) is 53.7 Å². The molecule has 40 heavy (non-hydrogen) atoms. The maximum atomic E-state index is 13.1. The van der Waals surface area contributed by atoms with E-state index in [1.807, 2.05) is 6.07 Å². The van der Waals surface area contributed by atoms with Gasteiger partial charge in [0.25, 0.3) is 17.7 Å². The Kier molecular flexibility index (Phi) is 8.57. The molecule has 4 N–H and O–H groups in total. The van der Waals surface area contributed by atoms with E-state index >= 15 is 0 Å². The molecule has 2 aliphatic rings. The highest BCUT2D eigenvalue weighted by atomic mass is 35.5. The van der Waals surface area contributed by atoms with Crippen LogP contribution < -0.4 is 21.3 Å². The maximum absolute atomic E-state index is 13.1. The normalized spacial score (nSPS) is 19.1. The van der Waals surface area contributed by atoms with Gasteiger partial charge in [-0.15, -0.1) is 0 Å². The second-order valence-electron chi connectivity index (χ2n) is 10.2. The third-order valence-corrected chi connectivity index (χ3v) is 7.66. The second kappa shape index (κ2) is 12.4. The van der Waals surface area contributed by atoms with Crippen molar-refractivity contribution in [1.82, 2.24) is 20.2 Å². The summed E-state index contributed by atoms with van der Waals surface area (Å²) in [6.45, 7) is 2.09. The number of halogens is 1. The highest BCUT2D eigenvalue weighted by Gasteiger charge is 2.26. The number of nitrogens with one attached hydrogen (secondary N) is 2. The number of hydrogen-bond donors (Lipinski definition) is 3. The molecule has 10 nitrogen and oxygen atoms in total. The molecule has 1 aromatic carbocycles. The van der Waals surface area contributed by atoms with Crippen molar-refractivity contribution in [3.63, 3.8) is 0 Å². The number of nitrogens with zero attached hydrogens (tertiary/aromatic N) is 4. The number of rotatable bonds is 6. The van der Waals surface area contributed by atoms with Gasteiger partial charge in [0.1, 0.15) is 5.15 Å². The molecule has 2 fully saturated rings. The lowest BCUT2D eigenvalue weighted by Gasteiger charge is -2.37. The van der Waals surface area contributed by atoms with Crippen LogP contribution in [0.1, 0.15) is 56.8 Å². The van der Waals surface area contributed by atoms with Crippen LogP contribution in [0.15, 0.2) is 61.1 Å². The topological polar surface area (TPSA) is 134 Å². The number of benzene rings is 1. The highest BCUT2D eigenvalue weighted by molar-refractivity contribution is 6.29. The van der Waals surface area contributed by atoms with Crippen LogP contribution in [0, 0.1) is 0 Å². The fraction of sp³-hybridized carbons (Fsp3) is 0.345. The number of aromatic nitrogens is 2. The van der Waals surface area contributed by atoms with Crippen molar-refractivity contribution in [2.45, 2.75) is 37.8 Å². The quantitative estimate of drug-likeness (QED) is 0.393. The molecule has 2 aromatic heterocycles. The molecule has 1 aliphatic heterocycles. The molecule has 3 aromatic rings. The van der Waals surface area contributed by atoms with Crippen molar-refractivity contribution in [2.75, 3.05) is 36.4 Å². The fourth-order valence-corrected chi connectivity index (χ4v) is 5.23. The predicted octanol–water partition coefficient (Wildman–Crippen LogP) is 3.34. The standard InChI is InChI=1S/C29H32ClN7O3/c30-26-8-2-21(18-33-26)29(40)37-15-13-36(14-16-37)25-7-1-20(28(39)34-23-5-3-22(31)4-6-23)17-24(25)35-27(38)19-9-11-32-12-10-19/h1-2,7-12,17-18,22-23H,3-6,13-16,31H2,(H,34,39)(H,35,38). The maximum Gasteiger partial charge on any atom is 0.255 e. The summed E-state index contributed by atoms with van der Waals surface area (Å²) in [6, 6.07) is 12.2. The molecule has 0 atom stereocenters. The van der Waals surface area contributed by atoms with Crippen molar-refractivity contribution in [1.29, 1.82) is 0 Å². The van der Waals surface area contributed by atoms with E-state index in [1.54, 1.807) is 53.7 Å². The lowest BCUT2D eigenvalue weighted by atomic mass is 9.91. The predicted molar refractivity (Wildman–Crippen MR) is 154 cm³/mol. The molecule has 3 amide bonds. The Morgan fingerprint density at radius 3 is 2.23 bits per heavy atom. The lowest BCUT2D eigenvalue weighted by Crippen LogP contribution is -2.49. The average Bonchev–Trinajstić information content (AvgIpc) is 2.99. The summed E-state index contributed by atoms with van der Waals surface area (Å²) in [5.74, 6) is -0.587. The minimum Gasteiger partial charge on any atom is -0.366 e. The van der Waals surface area contributed by atoms with Crippen LogP contribution in [0.3, 0.4) is 0 Å². The van der Waals surface area contributed by atoms with Gasteiger partial charge in [0.15, 0.2) is 0 Å². The summed E-state index contributed by atoms with van der Waals surface area (Å²) in [5, 5.41) is 6.44. The van der Waals surface area contributed by atoms with Crippen molar-refractivity contribution >= 4 is 40.7 Å². The number of pyridine rings is 2. The van der Waals surface area contributed by atoms with Gasteiger partial charge >= 0.3 is 0 Å². The lowest BCUT2D eigenvalue weighted by molar-refractivity contribution is 0.0746. The van der Waals surface area contributed by atoms with Gasteiger partial charge in [-0.2, -0.15) is 0 Å². The van der Waals surface area contributed by atoms with Crippen LogP contribution >= 0.6 is 11.6 Å². The van der Waals surface area contributed by atoms with E-state index in [4.69, 9.17) is 17.3 Å². The van der Waals surface area contributed by atoms with E-state index in [0.717, 1.165) is 31.4 Å². The van der Waals surface area contributed by atoms with Crippen LogP contribution in [-0.4, -0.2) is 70.9 Å². The molecular formula is C29H32ClN7O3. The summed E-state index contributed by atoms with van der Waals surface area (Å²) in [6.07, 6.45) is 8.08. The van der Waals surface area contributed by atoms with E-state index in [1.165, 1.54) is 6.20 Å². The first-order chi connectivity index (χ1) is 19.4. The van der Waals surface area contributed by atoms with Crippen molar-refractivity contribution in [3.8, 4) is 0 Å². The number of hydrogen-bond acceptors (Lipinski definition) is 7. The number of piperazine rings is 1. The Labute approximate surface area is 237 Å². The summed E-state index contributed by atoms with van der Waals surface area (Å²) >= 11 is 5.86. The second-order valence-corrected chi connectivity index (χ2v) is 10.5. The molecule has 11 heteroatoms. The average molecular weight is 562 g/mol. The molecule has 208 valence electrons. The van der Waals surface area contributed by atoms with Crippen LogP contribution in [-0.2, 0) is 0 Å². The number of amides is 3. The van der Waals surface area contributed by atoms with E-state index < -0.39 is 0 Å². The van der Waals surface area contributed by atoms with Gasteiger partial charge in [-0.25, -0.2) is 4.98 Å². The molecule has 0 unspecified atom stereocenters. The SMILES string of the molecule is NC1CCC(NC(=O)c2ccc(N3CCN(C(=O)c4ccc(Cl)nc4)CC3)c(NC(=O)c3ccncc3)c2)CC1. The molecule has 0 radical (unpaired) electrons. The zero-order valence-electron chi connectivity index (χ0n) is 22.1. The first-order valence-electron chi connectivity index (χ1n) is 13.4. The van der Waals surface area contributed by atoms with Crippen molar-refractivity contribution in [2.24, 2.45) is 5.73 Å². The zero-order valence-corrected chi connectivity index (χ0v) is 22.8.